The number of aromatic hydroxyl groups is 1. The van der Waals surface area contributed by atoms with Gasteiger partial charge in [0.25, 0.3) is 0 Å². The van der Waals surface area contributed by atoms with Crippen molar-refractivity contribution < 1.29 is 38.0 Å². The number of cyclic esters (lactones) is 1. The van der Waals surface area contributed by atoms with Crippen LogP contribution in [-0.2, 0) is 18.9 Å². The van der Waals surface area contributed by atoms with Crippen LogP contribution >= 0.6 is 0 Å². The zero-order valence-electron chi connectivity index (χ0n) is 22.7. The van der Waals surface area contributed by atoms with E-state index in [4.69, 9.17) is 18.9 Å². The molecule has 2 heterocycles. The Morgan fingerprint density at radius 1 is 1.22 bits per heavy atom. The number of benzene rings is 1. The Labute approximate surface area is 218 Å². The fourth-order valence-electron chi connectivity index (χ4n) is 4.35. The van der Waals surface area contributed by atoms with Crippen LogP contribution < -0.4 is 4.90 Å². The third-order valence-corrected chi connectivity index (χ3v) is 5.91. The highest BCUT2D eigenvalue weighted by atomic mass is 19.1. The number of phenolic OH excluding ortho intramolecular Hbond substituents is 1. The van der Waals surface area contributed by atoms with E-state index in [9.17, 15) is 19.1 Å². The van der Waals surface area contributed by atoms with Crippen molar-refractivity contribution in [2.24, 2.45) is 0 Å². The van der Waals surface area contributed by atoms with Gasteiger partial charge in [0.15, 0.2) is 5.79 Å². The fourth-order valence-corrected chi connectivity index (χ4v) is 4.35. The van der Waals surface area contributed by atoms with Crippen LogP contribution in [0.3, 0.4) is 0 Å². The SMILES string of the molecule is CCN(C(=O)OC(C)(C)C)c1cc(O)c2c(c1)/C=C/CC1OC(C)(C)OC1C/C(F)=C\CC(C)OC2=O. The van der Waals surface area contributed by atoms with Crippen molar-refractivity contribution in [1.82, 2.24) is 0 Å². The average molecular weight is 520 g/mol. The lowest BCUT2D eigenvalue weighted by atomic mass is 10.0. The van der Waals surface area contributed by atoms with Crippen LogP contribution in [0.5, 0.6) is 5.75 Å². The maximum absolute atomic E-state index is 14.6. The van der Waals surface area contributed by atoms with E-state index >= 15 is 0 Å². The van der Waals surface area contributed by atoms with E-state index in [0.717, 1.165) is 0 Å². The molecule has 2 aliphatic rings. The molecule has 37 heavy (non-hydrogen) atoms. The molecule has 0 radical (unpaired) electrons. The molecule has 1 fully saturated rings. The molecule has 0 bridgehead atoms. The normalized spacial score (nSPS) is 26.5. The van der Waals surface area contributed by atoms with Gasteiger partial charge >= 0.3 is 12.1 Å². The van der Waals surface area contributed by atoms with E-state index in [1.54, 1.807) is 66.7 Å². The van der Waals surface area contributed by atoms with Crippen molar-refractivity contribution in [2.75, 3.05) is 11.4 Å². The summed E-state index contributed by atoms with van der Waals surface area (Å²) in [4.78, 5) is 27.2. The topological polar surface area (TPSA) is 94.5 Å². The van der Waals surface area contributed by atoms with Crippen molar-refractivity contribution in [2.45, 2.75) is 97.4 Å². The Morgan fingerprint density at radius 2 is 1.89 bits per heavy atom. The number of rotatable bonds is 2. The number of halogens is 1. The lowest BCUT2D eigenvalue weighted by Gasteiger charge is -2.27. The lowest BCUT2D eigenvalue weighted by Crippen LogP contribution is -2.36. The molecule has 0 aliphatic carbocycles. The molecule has 0 saturated carbocycles. The zero-order chi connectivity index (χ0) is 27.5. The number of carbonyl (C=O) groups is 2. The van der Waals surface area contributed by atoms with Crippen LogP contribution in [-0.4, -0.2) is 53.4 Å². The number of fused-ring (bicyclic) bond motifs is 2. The van der Waals surface area contributed by atoms with Gasteiger partial charge in [-0.1, -0.05) is 12.2 Å². The molecule has 1 amide bonds. The monoisotopic (exact) mass is 519 g/mol. The summed E-state index contributed by atoms with van der Waals surface area (Å²) in [7, 11) is 0. The first-order valence-corrected chi connectivity index (χ1v) is 12.6. The molecule has 9 heteroatoms. The number of esters is 1. The third kappa shape index (κ3) is 7.55. The molecule has 0 spiro atoms. The molecule has 1 saturated heterocycles. The van der Waals surface area contributed by atoms with E-state index in [-0.39, 0.29) is 36.5 Å². The molecule has 8 nitrogen and oxygen atoms in total. The van der Waals surface area contributed by atoms with Crippen LogP contribution in [0.1, 0.15) is 83.7 Å². The third-order valence-electron chi connectivity index (χ3n) is 5.91. The minimum atomic E-state index is -0.859. The number of hydrogen-bond donors (Lipinski definition) is 1. The summed E-state index contributed by atoms with van der Waals surface area (Å²) in [6.45, 7) is 12.6. The summed E-state index contributed by atoms with van der Waals surface area (Å²) in [5.41, 5.74) is -0.0252. The molecule has 3 atom stereocenters. The lowest BCUT2D eigenvalue weighted by molar-refractivity contribution is -0.146. The van der Waals surface area contributed by atoms with Crippen molar-refractivity contribution in [3.8, 4) is 5.75 Å². The second kappa shape index (κ2) is 11.2. The number of hydrogen-bond acceptors (Lipinski definition) is 7. The number of anilines is 1. The van der Waals surface area contributed by atoms with Crippen LogP contribution in [0.2, 0.25) is 0 Å². The van der Waals surface area contributed by atoms with Crippen LogP contribution in [0.15, 0.2) is 30.1 Å². The summed E-state index contributed by atoms with van der Waals surface area (Å²) in [6.07, 6.45) is 3.29. The van der Waals surface area contributed by atoms with Gasteiger partial charge in [-0.25, -0.2) is 14.0 Å². The zero-order valence-corrected chi connectivity index (χ0v) is 22.7. The van der Waals surface area contributed by atoms with Gasteiger partial charge in [-0.3, -0.25) is 4.90 Å². The molecular weight excluding hydrogens is 481 g/mol. The largest absolute Gasteiger partial charge is 0.507 e. The number of amides is 1. The Balaban J connectivity index is 2.03. The number of carbonyl (C=O) groups excluding carboxylic acids is 2. The van der Waals surface area contributed by atoms with E-state index in [2.05, 4.69) is 0 Å². The molecule has 1 aromatic rings. The Hall–Kier alpha value is -2.91. The summed E-state index contributed by atoms with van der Waals surface area (Å²) < 4.78 is 37.6. The highest BCUT2D eigenvalue weighted by Gasteiger charge is 2.41. The maximum Gasteiger partial charge on any atom is 0.414 e. The maximum atomic E-state index is 14.6. The molecule has 1 N–H and O–H groups in total. The first-order valence-electron chi connectivity index (χ1n) is 12.6. The van der Waals surface area contributed by atoms with Crippen molar-refractivity contribution in [3.05, 3.63) is 41.2 Å². The Morgan fingerprint density at radius 3 is 2.54 bits per heavy atom. The van der Waals surface area contributed by atoms with Gasteiger partial charge in [-0.05, 0) is 72.6 Å². The predicted octanol–water partition coefficient (Wildman–Crippen LogP) is 6.27. The first kappa shape index (κ1) is 28.7. The molecule has 1 aromatic carbocycles. The molecule has 2 aliphatic heterocycles. The molecule has 3 rings (SSSR count). The van der Waals surface area contributed by atoms with E-state index in [1.165, 1.54) is 17.0 Å². The minimum Gasteiger partial charge on any atom is -0.507 e. The van der Waals surface area contributed by atoms with E-state index < -0.39 is 41.8 Å². The summed E-state index contributed by atoms with van der Waals surface area (Å²) in [5, 5.41) is 10.9. The Bertz CT molecular complexity index is 1070. The summed E-state index contributed by atoms with van der Waals surface area (Å²) in [5.74, 6) is -2.32. The van der Waals surface area contributed by atoms with Crippen LogP contribution in [0.4, 0.5) is 14.9 Å². The van der Waals surface area contributed by atoms with Gasteiger partial charge in [0, 0.05) is 25.5 Å². The first-order chi connectivity index (χ1) is 17.2. The van der Waals surface area contributed by atoms with Crippen molar-refractivity contribution in [3.63, 3.8) is 0 Å². The van der Waals surface area contributed by atoms with Crippen LogP contribution in [0, 0.1) is 0 Å². The fraction of sp³-hybridized carbons (Fsp3) is 0.571. The summed E-state index contributed by atoms with van der Waals surface area (Å²) >= 11 is 0. The number of ether oxygens (including phenoxy) is 4. The van der Waals surface area contributed by atoms with Crippen molar-refractivity contribution in [1.29, 1.82) is 0 Å². The number of phenols is 1. The Kier molecular flexibility index (Phi) is 8.70. The average Bonchev–Trinajstić information content (AvgIpc) is 3.03. The summed E-state index contributed by atoms with van der Waals surface area (Å²) in [6, 6.07) is 2.96. The van der Waals surface area contributed by atoms with Gasteiger partial charge < -0.3 is 24.1 Å². The van der Waals surface area contributed by atoms with Gasteiger partial charge in [0.05, 0.1) is 23.7 Å². The molecule has 0 aromatic heterocycles. The van der Waals surface area contributed by atoms with Crippen molar-refractivity contribution >= 4 is 23.8 Å². The highest BCUT2D eigenvalue weighted by molar-refractivity contribution is 5.99. The predicted molar refractivity (Wildman–Crippen MR) is 138 cm³/mol. The standard InChI is InChI=1S/C28H38FNO7/c1-8-30(26(33)37-27(3,4)5)20-14-18-10-9-11-22-23(36-28(6,7)35-22)15-19(29)13-12-17(2)34-25(32)24(18)21(31)16-20/h9-10,13-14,16-17,22-23,31H,8,11-12,15H2,1-7H3/b10-9+,19-13+. The molecular formula is C28H38FNO7. The molecule has 3 unspecified atom stereocenters. The van der Waals surface area contributed by atoms with Gasteiger partial charge in [-0.2, -0.15) is 0 Å². The van der Waals surface area contributed by atoms with E-state index in [0.29, 0.717) is 17.7 Å². The van der Waals surface area contributed by atoms with Gasteiger partial charge in [0.1, 0.15) is 23.0 Å². The van der Waals surface area contributed by atoms with E-state index in [1.807, 2.05) is 0 Å². The van der Waals surface area contributed by atoms with Crippen LogP contribution in [0.25, 0.3) is 6.08 Å². The minimum absolute atomic E-state index is 0.0471. The molecule has 204 valence electrons. The highest BCUT2D eigenvalue weighted by Crippen LogP contribution is 2.35. The smallest absolute Gasteiger partial charge is 0.414 e. The quantitative estimate of drug-likeness (QED) is 0.460. The van der Waals surface area contributed by atoms with Gasteiger partial charge in [-0.15, -0.1) is 0 Å². The second-order valence-electron chi connectivity index (χ2n) is 10.8. The van der Waals surface area contributed by atoms with Gasteiger partial charge in [0.2, 0.25) is 0 Å². The number of nitrogens with zero attached hydrogens (tertiary/aromatic N) is 1. The second-order valence-corrected chi connectivity index (χ2v) is 10.8.